The molecule has 0 fully saturated rings. The number of thiophene rings is 1. The molecule has 0 saturated carbocycles. The highest BCUT2D eigenvalue weighted by molar-refractivity contribution is 7.17. The lowest BCUT2D eigenvalue weighted by Gasteiger charge is -2.19. The summed E-state index contributed by atoms with van der Waals surface area (Å²) >= 11 is 1.56. The smallest absolute Gasteiger partial charge is 0.195 e. The molecule has 0 aliphatic heterocycles. The third-order valence-corrected chi connectivity index (χ3v) is 7.28. The lowest BCUT2D eigenvalue weighted by atomic mass is 9.83. The van der Waals surface area contributed by atoms with Gasteiger partial charge in [-0.05, 0) is 69.9 Å². The molecule has 6 aromatic rings. The normalized spacial score (nSPS) is 11.2. The van der Waals surface area contributed by atoms with Crippen molar-refractivity contribution in [2.24, 2.45) is 0 Å². The molecule has 0 amide bonds. The predicted octanol–water partition coefficient (Wildman–Crippen LogP) is 8.03. The van der Waals surface area contributed by atoms with E-state index in [1.54, 1.807) is 35.6 Å². The van der Waals surface area contributed by atoms with Gasteiger partial charge >= 0.3 is 0 Å². The molecule has 3 nitrogen and oxygen atoms in total. The van der Waals surface area contributed by atoms with Crippen molar-refractivity contribution in [3.8, 4) is 33.8 Å². The molecule has 0 radical (unpaired) electrons. The lowest BCUT2D eigenvalue weighted by molar-refractivity contribution is 0.104. The molecule has 1 aromatic heterocycles. The summed E-state index contributed by atoms with van der Waals surface area (Å²) in [4.78, 5) is 14.4. The maximum atomic E-state index is 14.4. The molecule has 168 valence electrons. The molecular formula is C31H20O3S. The second-order valence-corrected chi connectivity index (χ2v) is 9.38. The van der Waals surface area contributed by atoms with Gasteiger partial charge in [0.2, 0.25) is 0 Å². The van der Waals surface area contributed by atoms with Crippen molar-refractivity contribution in [3.63, 3.8) is 0 Å². The van der Waals surface area contributed by atoms with Crippen molar-refractivity contribution >= 4 is 38.0 Å². The highest BCUT2D eigenvalue weighted by Crippen LogP contribution is 2.42. The van der Waals surface area contributed by atoms with E-state index in [-0.39, 0.29) is 17.3 Å². The highest BCUT2D eigenvalue weighted by atomic mass is 32.1. The Balaban J connectivity index is 1.75. The molecule has 0 unspecified atom stereocenters. The number of aromatic hydroxyl groups is 2. The number of carbonyl (C=O) groups is 1. The number of phenolic OH excluding ortho intramolecular Hbond substituents is 2. The van der Waals surface area contributed by atoms with E-state index in [2.05, 4.69) is 0 Å². The van der Waals surface area contributed by atoms with E-state index in [1.165, 1.54) is 0 Å². The summed E-state index contributed by atoms with van der Waals surface area (Å²) in [6, 6.07) is 32.0. The SMILES string of the molecule is O=C(c1c(-c2ccc(O)cc2)c(-c2ccccc2)cc2cc(O)ccc12)c1csc2ccccc12. The van der Waals surface area contributed by atoms with Gasteiger partial charge in [0, 0.05) is 32.2 Å². The molecule has 0 saturated heterocycles. The van der Waals surface area contributed by atoms with Crippen LogP contribution in [0.15, 0.2) is 109 Å². The van der Waals surface area contributed by atoms with Crippen LogP contribution < -0.4 is 0 Å². The van der Waals surface area contributed by atoms with Crippen LogP contribution in [-0.4, -0.2) is 16.0 Å². The fourth-order valence-electron chi connectivity index (χ4n) is 4.69. The van der Waals surface area contributed by atoms with Crippen LogP contribution in [0.4, 0.5) is 0 Å². The Morgan fingerprint density at radius 3 is 2.17 bits per heavy atom. The standard InChI is InChI=1S/C31H20O3S/c32-22-12-10-20(11-13-22)29-26(19-6-2-1-3-7-19)17-21-16-23(33)14-15-24(21)30(29)31(34)27-18-35-28-9-5-4-8-25(27)28/h1-18,32-33H. The van der Waals surface area contributed by atoms with E-state index in [0.717, 1.165) is 43.1 Å². The second kappa shape index (κ2) is 8.42. The van der Waals surface area contributed by atoms with E-state index in [4.69, 9.17) is 0 Å². The molecule has 2 N–H and O–H groups in total. The number of hydrogen-bond acceptors (Lipinski definition) is 4. The van der Waals surface area contributed by atoms with Gasteiger partial charge < -0.3 is 10.2 Å². The molecule has 0 atom stereocenters. The Hall–Kier alpha value is -4.41. The number of phenols is 2. The van der Waals surface area contributed by atoms with Crippen molar-refractivity contribution in [3.05, 3.63) is 120 Å². The Bertz CT molecular complexity index is 1710. The van der Waals surface area contributed by atoms with Crippen LogP contribution in [0.1, 0.15) is 15.9 Å². The molecule has 4 heteroatoms. The Labute approximate surface area is 206 Å². The van der Waals surface area contributed by atoms with E-state index in [9.17, 15) is 15.0 Å². The molecule has 0 bridgehead atoms. The quantitative estimate of drug-likeness (QED) is 0.255. The van der Waals surface area contributed by atoms with Crippen molar-refractivity contribution in [1.29, 1.82) is 0 Å². The minimum Gasteiger partial charge on any atom is -0.508 e. The fraction of sp³-hybridized carbons (Fsp3) is 0. The van der Waals surface area contributed by atoms with Gasteiger partial charge in [-0.1, -0.05) is 60.7 Å². The first-order chi connectivity index (χ1) is 17.1. The number of hydrogen-bond donors (Lipinski definition) is 2. The van der Waals surface area contributed by atoms with Gasteiger partial charge in [0.25, 0.3) is 0 Å². The lowest BCUT2D eigenvalue weighted by Crippen LogP contribution is -2.06. The van der Waals surface area contributed by atoms with Gasteiger partial charge in [0.15, 0.2) is 5.78 Å². The summed E-state index contributed by atoms with van der Waals surface area (Å²) in [5.41, 5.74) is 4.72. The van der Waals surface area contributed by atoms with E-state index < -0.39 is 0 Å². The van der Waals surface area contributed by atoms with E-state index in [1.807, 2.05) is 84.2 Å². The van der Waals surface area contributed by atoms with Crippen LogP contribution >= 0.6 is 11.3 Å². The molecule has 0 spiro atoms. The van der Waals surface area contributed by atoms with Gasteiger partial charge in [-0.15, -0.1) is 11.3 Å². The number of rotatable bonds is 4. The number of ketones is 1. The highest BCUT2D eigenvalue weighted by Gasteiger charge is 2.24. The van der Waals surface area contributed by atoms with E-state index in [0.29, 0.717) is 11.1 Å². The number of benzene rings is 5. The van der Waals surface area contributed by atoms with Gasteiger partial charge in [0.1, 0.15) is 11.5 Å². The Morgan fingerprint density at radius 1 is 0.657 bits per heavy atom. The second-order valence-electron chi connectivity index (χ2n) is 8.47. The first-order valence-corrected chi connectivity index (χ1v) is 12.1. The molecule has 0 aliphatic rings. The molecule has 5 aromatic carbocycles. The van der Waals surface area contributed by atoms with Crippen molar-refractivity contribution in [1.82, 2.24) is 0 Å². The average Bonchev–Trinajstić information content (AvgIpc) is 3.32. The zero-order chi connectivity index (χ0) is 23.9. The van der Waals surface area contributed by atoms with Crippen LogP contribution in [0.3, 0.4) is 0 Å². The van der Waals surface area contributed by atoms with E-state index >= 15 is 0 Å². The van der Waals surface area contributed by atoms with Crippen LogP contribution in [0.2, 0.25) is 0 Å². The van der Waals surface area contributed by atoms with Crippen LogP contribution in [-0.2, 0) is 0 Å². The molecule has 6 rings (SSSR count). The maximum absolute atomic E-state index is 14.4. The summed E-state index contributed by atoms with van der Waals surface area (Å²) < 4.78 is 1.06. The zero-order valence-electron chi connectivity index (χ0n) is 18.6. The summed E-state index contributed by atoms with van der Waals surface area (Å²) in [6.07, 6.45) is 0. The van der Waals surface area contributed by atoms with Gasteiger partial charge in [0.05, 0.1) is 0 Å². The minimum absolute atomic E-state index is 0.0704. The fourth-order valence-corrected chi connectivity index (χ4v) is 5.63. The predicted molar refractivity (Wildman–Crippen MR) is 143 cm³/mol. The first-order valence-electron chi connectivity index (χ1n) is 11.3. The Morgan fingerprint density at radius 2 is 1.37 bits per heavy atom. The van der Waals surface area contributed by atoms with Crippen LogP contribution in [0, 0.1) is 0 Å². The summed E-state index contributed by atoms with van der Waals surface area (Å²) in [6.45, 7) is 0. The molecule has 35 heavy (non-hydrogen) atoms. The van der Waals surface area contributed by atoms with Gasteiger partial charge in [-0.25, -0.2) is 0 Å². The van der Waals surface area contributed by atoms with Crippen molar-refractivity contribution < 1.29 is 15.0 Å². The van der Waals surface area contributed by atoms with Crippen molar-refractivity contribution in [2.45, 2.75) is 0 Å². The molecular weight excluding hydrogens is 452 g/mol. The molecule has 0 aliphatic carbocycles. The third-order valence-electron chi connectivity index (χ3n) is 6.32. The largest absolute Gasteiger partial charge is 0.508 e. The first kappa shape index (κ1) is 21.1. The number of fused-ring (bicyclic) bond motifs is 2. The Kier molecular flexibility index (Phi) is 5.09. The van der Waals surface area contributed by atoms with Crippen molar-refractivity contribution in [2.75, 3.05) is 0 Å². The summed E-state index contributed by atoms with van der Waals surface area (Å²) in [5, 5.41) is 24.6. The van der Waals surface area contributed by atoms with Gasteiger partial charge in [-0.2, -0.15) is 0 Å². The number of carbonyl (C=O) groups excluding carboxylic acids is 1. The average molecular weight is 473 g/mol. The zero-order valence-corrected chi connectivity index (χ0v) is 19.4. The van der Waals surface area contributed by atoms with Gasteiger partial charge in [-0.3, -0.25) is 4.79 Å². The minimum atomic E-state index is -0.0704. The van der Waals surface area contributed by atoms with Crippen LogP contribution in [0.5, 0.6) is 11.5 Å². The topological polar surface area (TPSA) is 57.5 Å². The monoisotopic (exact) mass is 472 g/mol. The maximum Gasteiger partial charge on any atom is 0.195 e. The van der Waals surface area contributed by atoms with Crippen LogP contribution in [0.25, 0.3) is 43.1 Å². The molecule has 1 heterocycles. The summed E-state index contributed by atoms with van der Waals surface area (Å²) in [7, 11) is 0. The summed E-state index contributed by atoms with van der Waals surface area (Å²) in [5.74, 6) is 0.240. The third kappa shape index (κ3) is 3.65.